The second-order valence-electron chi connectivity index (χ2n) is 5.60. The third-order valence-electron chi connectivity index (χ3n) is 3.76. The molecule has 0 aliphatic rings. The summed E-state index contributed by atoms with van der Waals surface area (Å²) in [6.45, 7) is 2.78. The smallest absolute Gasteiger partial charge is 0.328 e. The van der Waals surface area contributed by atoms with E-state index in [0.717, 1.165) is 5.56 Å². The number of nitrogens with zero attached hydrogens (tertiary/aromatic N) is 4. The van der Waals surface area contributed by atoms with Crippen molar-refractivity contribution in [3.63, 3.8) is 0 Å². The predicted octanol–water partition coefficient (Wildman–Crippen LogP) is 2.81. The minimum Gasteiger partial charge on any atom is -0.458 e. The molecule has 0 amide bonds. The van der Waals surface area contributed by atoms with Gasteiger partial charge in [0.15, 0.2) is 0 Å². The lowest BCUT2D eigenvalue weighted by Gasteiger charge is -2.04. The Balaban J connectivity index is 1.61. The molecule has 0 aliphatic heterocycles. The summed E-state index contributed by atoms with van der Waals surface area (Å²) in [5, 5.41) is 15.0. The van der Waals surface area contributed by atoms with E-state index in [0.29, 0.717) is 17.3 Å². The Morgan fingerprint density at radius 1 is 1.31 bits per heavy atom. The Morgan fingerprint density at radius 3 is 2.69 bits per heavy atom. The van der Waals surface area contributed by atoms with Crippen molar-refractivity contribution >= 4 is 11.7 Å². The number of aromatic nitrogens is 3. The highest BCUT2D eigenvalue weighted by Crippen LogP contribution is 2.22. The number of ether oxygens (including phenoxy) is 1. The molecule has 0 saturated heterocycles. The van der Waals surface area contributed by atoms with E-state index >= 15 is 0 Å². The van der Waals surface area contributed by atoms with Crippen LogP contribution in [0.25, 0.3) is 11.5 Å². The number of hydrogen-bond donors (Lipinski definition) is 0. The zero-order valence-electron chi connectivity index (χ0n) is 14.2. The van der Waals surface area contributed by atoms with Crippen molar-refractivity contribution in [3.8, 4) is 11.5 Å². The third kappa shape index (κ3) is 3.61. The molecule has 26 heavy (non-hydrogen) atoms. The number of rotatable bonds is 6. The van der Waals surface area contributed by atoms with Crippen molar-refractivity contribution in [3.05, 3.63) is 63.8 Å². The van der Waals surface area contributed by atoms with Crippen molar-refractivity contribution in [2.24, 2.45) is 0 Å². The minimum absolute atomic E-state index is 0.0590. The standard InChI is InChI=1S/C17H16N4O5/c1-11-16(21(23)24)12(2)20(19-11)8-15(22)25-9-14-10-26-17(18-14)13-6-4-3-5-7-13/h3-7,10H,8-9H2,1-2H3. The van der Waals surface area contributed by atoms with Gasteiger partial charge in [-0.15, -0.1) is 0 Å². The van der Waals surface area contributed by atoms with E-state index in [9.17, 15) is 14.9 Å². The summed E-state index contributed by atoms with van der Waals surface area (Å²) in [7, 11) is 0. The summed E-state index contributed by atoms with van der Waals surface area (Å²) in [6, 6.07) is 9.34. The van der Waals surface area contributed by atoms with Gasteiger partial charge in [-0.25, -0.2) is 4.98 Å². The number of oxazole rings is 1. The van der Waals surface area contributed by atoms with E-state index in [1.54, 1.807) is 0 Å². The third-order valence-corrected chi connectivity index (χ3v) is 3.76. The van der Waals surface area contributed by atoms with Gasteiger partial charge in [0.2, 0.25) is 5.89 Å². The molecule has 3 aromatic rings. The molecule has 0 fully saturated rings. The summed E-state index contributed by atoms with van der Waals surface area (Å²) >= 11 is 0. The van der Waals surface area contributed by atoms with Gasteiger partial charge in [0.05, 0.1) is 4.92 Å². The molecule has 2 aromatic heterocycles. The van der Waals surface area contributed by atoms with Gasteiger partial charge in [-0.2, -0.15) is 5.10 Å². The molecule has 0 N–H and O–H groups in total. The highest BCUT2D eigenvalue weighted by Gasteiger charge is 2.23. The van der Waals surface area contributed by atoms with Crippen molar-refractivity contribution in [2.45, 2.75) is 27.0 Å². The summed E-state index contributed by atoms with van der Waals surface area (Å²) in [6.07, 6.45) is 1.42. The van der Waals surface area contributed by atoms with E-state index in [-0.39, 0.29) is 24.5 Å². The molecule has 3 rings (SSSR count). The molecule has 0 aliphatic carbocycles. The van der Waals surface area contributed by atoms with E-state index in [4.69, 9.17) is 9.15 Å². The number of carbonyl (C=O) groups excluding carboxylic acids is 1. The second-order valence-corrected chi connectivity index (χ2v) is 5.60. The largest absolute Gasteiger partial charge is 0.458 e. The highest BCUT2D eigenvalue weighted by molar-refractivity contribution is 5.69. The maximum atomic E-state index is 12.0. The average molecular weight is 356 g/mol. The van der Waals surface area contributed by atoms with Crippen LogP contribution in [-0.2, 0) is 22.7 Å². The molecule has 0 radical (unpaired) electrons. The van der Waals surface area contributed by atoms with Crippen molar-refractivity contribution in [1.82, 2.24) is 14.8 Å². The molecule has 9 heteroatoms. The van der Waals surface area contributed by atoms with Gasteiger partial charge in [0, 0.05) is 5.56 Å². The van der Waals surface area contributed by atoms with Crippen LogP contribution in [0.3, 0.4) is 0 Å². The number of aryl methyl sites for hydroxylation is 1. The maximum absolute atomic E-state index is 12.0. The monoisotopic (exact) mass is 356 g/mol. The molecule has 0 unspecified atom stereocenters. The Bertz CT molecular complexity index is 945. The summed E-state index contributed by atoms with van der Waals surface area (Å²) < 4.78 is 11.8. The quantitative estimate of drug-likeness (QED) is 0.379. The number of nitro groups is 1. The normalized spacial score (nSPS) is 10.7. The highest BCUT2D eigenvalue weighted by atomic mass is 16.6. The fourth-order valence-electron chi connectivity index (χ4n) is 2.51. The molecule has 2 heterocycles. The van der Waals surface area contributed by atoms with Gasteiger partial charge in [0.1, 0.15) is 36.5 Å². The molecule has 0 atom stereocenters. The van der Waals surface area contributed by atoms with Gasteiger partial charge in [-0.05, 0) is 26.0 Å². The predicted molar refractivity (Wildman–Crippen MR) is 90.1 cm³/mol. The van der Waals surface area contributed by atoms with Crippen molar-refractivity contribution in [2.75, 3.05) is 0 Å². The zero-order chi connectivity index (χ0) is 18.7. The summed E-state index contributed by atoms with van der Waals surface area (Å²) in [5.74, 6) is -0.138. The second kappa shape index (κ2) is 7.18. The van der Waals surface area contributed by atoms with E-state index < -0.39 is 10.9 Å². The number of carbonyl (C=O) groups is 1. The van der Waals surface area contributed by atoms with Gasteiger partial charge in [0.25, 0.3) is 0 Å². The Morgan fingerprint density at radius 2 is 2.04 bits per heavy atom. The minimum atomic E-state index is -0.574. The lowest BCUT2D eigenvalue weighted by molar-refractivity contribution is -0.386. The molecule has 1 aromatic carbocycles. The van der Waals surface area contributed by atoms with Crippen molar-refractivity contribution in [1.29, 1.82) is 0 Å². The van der Waals surface area contributed by atoms with Crippen LogP contribution >= 0.6 is 0 Å². The number of benzene rings is 1. The molecule has 0 saturated carbocycles. The molecular weight excluding hydrogens is 340 g/mol. The number of esters is 1. The van der Waals surface area contributed by atoms with Gasteiger partial charge < -0.3 is 9.15 Å². The van der Waals surface area contributed by atoms with Gasteiger partial charge >= 0.3 is 11.7 Å². The van der Waals surface area contributed by atoms with Crippen LogP contribution in [0.2, 0.25) is 0 Å². The first kappa shape index (κ1) is 17.3. The van der Waals surface area contributed by atoms with E-state index in [1.165, 1.54) is 24.8 Å². The lowest BCUT2D eigenvalue weighted by Crippen LogP contribution is -2.15. The van der Waals surface area contributed by atoms with Gasteiger partial charge in [-0.3, -0.25) is 19.6 Å². The zero-order valence-corrected chi connectivity index (χ0v) is 14.2. The Kier molecular flexibility index (Phi) is 4.78. The van der Waals surface area contributed by atoms with Crippen LogP contribution in [0.4, 0.5) is 5.69 Å². The van der Waals surface area contributed by atoms with Crippen LogP contribution in [0, 0.1) is 24.0 Å². The van der Waals surface area contributed by atoms with E-state index in [2.05, 4.69) is 10.1 Å². The Hall–Kier alpha value is -3.49. The first-order valence-corrected chi connectivity index (χ1v) is 7.79. The topological polar surface area (TPSA) is 113 Å². The fraction of sp³-hybridized carbons (Fsp3) is 0.235. The van der Waals surface area contributed by atoms with E-state index in [1.807, 2.05) is 30.3 Å². The van der Waals surface area contributed by atoms with Gasteiger partial charge in [-0.1, -0.05) is 18.2 Å². The maximum Gasteiger partial charge on any atom is 0.328 e. The Labute approximate surface area is 148 Å². The molecule has 0 bridgehead atoms. The summed E-state index contributed by atoms with van der Waals surface area (Å²) in [4.78, 5) is 26.7. The SMILES string of the molecule is Cc1nn(CC(=O)OCc2coc(-c3ccccc3)n2)c(C)c1[N+](=O)[O-]. The molecule has 0 spiro atoms. The number of hydrogen-bond acceptors (Lipinski definition) is 7. The lowest BCUT2D eigenvalue weighted by atomic mass is 10.2. The van der Waals surface area contributed by atoms with Crippen LogP contribution in [0.15, 0.2) is 41.0 Å². The first-order valence-electron chi connectivity index (χ1n) is 7.79. The first-order chi connectivity index (χ1) is 12.5. The fourth-order valence-corrected chi connectivity index (χ4v) is 2.51. The molecule has 134 valence electrons. The molecule has 9 nitrogen and oxygen atoms in total. The summed E-state index contributed by atoms with van der Waals surface area (Å²) in [5.41, 5.74) is 1.75. The average Bonchev–Trinajstić information content (AvgIpc) is 3.19. The van der Waals surface area contributed by atoms with Crippen LogP contribution in [0.1, 0.15) is 17.1 Å². The van der Waals surface area contributed by atoms with Crippen LogP contribution < -0.4 is 0 Å². The van der Waals surface area contributed by atoms with Crippen LogP contribution in [-0.4, -0.2) is 25.7 Å². The van der Waals surface area contributed by atoms with Crippen molar-refractivity contribution < 1.29 is 18.9 Å². The van der Waals surface area contributed by atoms with Crippen LogP contribution in [0.5, 0.6) is 0 Å². The molecular formula is C17H16N4O5.